The van der Waals surface area contributed by atoms with Gasteiger partial charge in [-0.05, 0) is 65.4 Å². The first-order valence-corrected chi connectivity index (χ1v) is 8.62. The lowest BCUT2D eigenvalue weighted by atomic mass is 10.0. The minimum Gasteiger partial charge on any atom is -0.306 e. The molecule has 1 aromatic heterocycles. The minimum absolute atomic E-state index is 0.149. The van der Waals surface area contributed by atoms with Crippen molar-refractivity contribution in [1.29, 1.82) is 0 Å². The fourth-order valence-electron chi connectivity index (χ4n) is 1.90. The summed E-state index contributed by atoms with van der Waals surface area (Å²) in [7, 11) is 0. The van der Waals surface area contributed by atoms with E-state index in [0.29, 0.717) is 0 Å². The molecule has 2 rings (SSSR count). The van der Waals surface area contributed by atoms with Gasteiger partial charge in [0.1, 0.15) is 0 Å². The van der Waals surface area contributed by atoms with Crippen LogP contribution in [0.4, 0.5) is 0 Å². The fraction of sp³-hybridized carbons (Fsp3) is 0.286. The van der Waals surface area contributed by atoms with Crippen molar-refractivity contribution in [3.05, 3.63) is 53.2 Å². The van der Waals surface area contributed by atoms with Gasteiger partial charge in [-0.3, -0.25) is 0 Å². The van der Waals surface area contributed by atoms with E-state index in [2.05, 4.69) is 47.0 Å². The van der Waals surface area contributed by atoms with Gasteiger partial charge in [-0.1, -0.05) is 36.2 Å². The highest BCUT2D eigenvalue weighted by Gasteiger charge is 2.17. The summed E-state index contributed by atoms with van der Waals surface area (Å²) in [6.07, 6.45) is 0. The maximum atomic E-state index is 6.22. The van der Waals surface area contributed by atoms with E-state index in [-0.39, 0.29) is 6.04 Å². The summed E-state index contributed by atoms with van der Waals surface area (Å²) >= 11 is 16.3. The van der Waals surface area contributed by atoms with Crippen molar-refractivity contribution in [2.75, 3.05) is 6.54 Å². The number of thiophene rings is 1. The van der Waals surface area contributed by atoms with Crippen LogP contribution in [0.15, 0.2) is 24.3 Å². The van der Waals surface area contributed by atoms with Crippen LogP contribution in [-0.2, 0) is 0 Å². The average Bonchev–Trinajstić information content (AvgIpc) is 2.70. The molecule has 102 valence electrons. The number of nitrogens with one attached hydrogen (secondary N) is 1. The lowest BCUT2D eigenvalue weighted by Crippen LogP contribution is -2.21. The maximum absolute atomic E-state index is 6.22. The predicted molar refractivity (Wildman–Crippen MR) is 93.8 cm³/mol. The number of aryl methyl sites for hydroxylation is 1. The standard InChI is InChI=1S/C14H14Cl2INS/c1-3-18-13(12-6-8(2)14(16)19-12)9-4-5-11(17)10(15)7-9/h4-7,13,18H,3H2,1-2H3. The van der Waals surface area contributed by atoms with Gasteiger partial charge in [-0.15, -0.1) is 11.3 Å². The van der Waals surface area contributed by atoms with Gasteiger partial charge in [0.15, 0.2) is 0 Å². The second kappa shape index (κ2) is 6.76. The molecule has 0 saturated carbocycles. The SMILES string of the molecule is CCNC(c1ccc(I)c(Cl)c1)c1cc(C)c(Cl)s1. The largest absolute Gasteiger partial charge is 0.306 e. The number of hydrogen-bond acceptors (Lipinski definition) is 2. The highest BCUT2D eigenvalue weighted by molar-refractivity contribution is 14.1. The third-order valence-electron chi connectivity index (χ3n) is 2.85. The van der Waals surface area contributed by atoms with Crippen molar-refractivity contribution >= 4 is 57.1 Å². The molecular formula is C14H14Cl2INS. The summed E-state index contributed by atoms with van der Waals surface area (Å²) in [6.45, 7) is 5.03. The topological polar surface area (TPSA) is 12.0 Å². The maximum Gasteiger partial charge on any atom is 0.0961 e. The summed E-state index contributed by atoms with van der Waals surface area (Å²) in [5.41, 5.74) is 2.30. The van der Waals surface area contributed by atoms with Crippen LogP contribution in [0.5, 0.6) is 0 Å². The van der Waals surface area contributed by atoms with Crippen LogP contribution < -0.4 is 5.32 Å². The summed E-state index contributed by atoms with van der Waals surface area (Å²) in [5.74, 6) is 0. The molecule has 0 radical (unpaired) electrons. The van der Waals surface area contributed by atoms with Crippen molar-refractivity contribution in [3.63, 3.8) is 0 Å². The Bertz CT molecular complexity index is 563. The molecule has 0 saturated heterocycles. The summed E-state index contributed by atoms with van der Waals surface area (Å²) in [6, 6.07) is 8.48. The van der Waals surface area contributed by atoms with Gasteiger partial charge in [-0.2, -0.15) is 0 Å². The zero-order chi connectivity index (χ0) is 14.0. The van der Waals surface area contributed by atoms with Crippen molar-refractivity contribution in [3.8, 4) is 0 Å². The molecule has 0 aliphatic rings. The lowest BCUT2D eigenvalue weighted by Gasteiger charge is -2.17. The molecule has 1 heterocycles. The number of benzene rings is 1. The van der Waals surface area contributed by atoms with E-state index in [4.69, 9.17) is 23.2 Å². The molecule has 19 heavy (non-hydrogen) atoms. The van der Waals surface area contributed by atoms with Gasteiger partial charge in [0.05, 0.1) is 15.4 Å². The molecule has 0 amide bonds. The smallest absolute Gasteiger partial charge is 0.0961 e. The van der Waals surface area contributed by atoms with E-state index in [0.717, 1.165) is 25.0 Å². The molecule has 1 aromatic carbocycles. The fourth-order valence-corrected chi connectivity index (χ4v) is 3.75. The van der Waals surface area contributed by atoms with Crippen molar-refractivity contribution in [2.24, 2.45) is 0 Å². The van der Waals surface area contributed by atoms with Gasteiger partial charge in [-0.25, -0.2) is 0 Å². The van der Waals surface area contributed by atoms with E-state index in [9.17, 15) is 0 Å². The average molecular weight is 426 g/mol. The van der Waals surface area contributed by atoms with Crippen LogP contribution in [0.3, 0.4) is 0 Å². The van der Waals surface area contributed by atoms with Gasteiger partial charge in [0.2, 0.25) is 0 Å². The summed E-state index contributed by atoms with van der Waals surface area (Å²) < 4.78 is 1.92. The van der Waals surface area contributed by atoms with Crippen molar-refractivity contribution in [1.82, 2.24) is 5.32 Å². The van der Waals surface area contributed by atoms with Crippen LogP contribution in [-0.4, -0.2) is 6.54 Å². The summed E-state index contributed by atoms with van der Waals surface area (Å²) in [4.78, 5) is 1.22. The first-order chi connectivity index (χ1) is 9.02. The Balaban J connectivity index is 2.41. The van der Waals surface area contributed by atoms with E-state index in [1.165, 1.54) is 10.4 Å². The van der Waals surface area contributed by atoms with Crippen molar-refractivity contribution < 1.29 is 0 Å². The van der Waals surface area contributed by atoms with E-state index in [1.54, 1.807) is 11.3 Å². The van der Waals surface area contributed by atoms with Gasteiger partial charge in [0.25, 0.3) is 0 Å². The Morgan fingerprint density at radius 3 is 2.58 bits per heavy atom. The van der Waals surface area contributed by atoms with Crippen LogP contribution in [0.2, 0.25) is 9.36 Å². The number of rotatable bonds is 4. The normalized spacial score (nSPS) is 12.7. The Kier molecular flexibility index (Phi) is 5.55. The van der Waals surface area contributed by atoms with Gasteiger partial charge < -0.3 is 5.32 Å². The molecular weight excluding hydrogens is 412 g/mol. The molecule has 0 aliphatic heterocycles. The highest BCUT2D eigenvalue weighted by atomic mass is 127. The lowest BCUT2D eigenvalue weighted by molar-refractivity contribution is 0.639. The van der Waals surface area contributed by atoms with E-state index < -0.39 is 0 Å². The zero-order valence-corrected chi connectivity index (χ0v) is 15.1. The zero-order valence-electron chi connectivity index (χ0n) is 10.6. The molecule has 2 aromatic rings. The first kappa shape index (κ1) is 15.6. The number of halogens is 3. The molecule has 1 atom stereocenters. The Labute approximate surface area is 141 Å². The van der Waals surface area contributed by atoms with Crippen molar-refractivity contribution in [2.45, 2.75) is 19.9 Å². The van der Waals surface area contributed by atoms with Gasteiger partial charge in [0, 0.05) is 8.45 Å². The van der Waals surface area contributed by atoms with Crippen LogP contribution in [0.25, 0.3) is 0 Å². The third kappa shape index (κ3) is 3.64. The third-order valence-corrected chi connectivity index (χ3v) is 6.04. The molecule has 1 nitrogen and oxygen atoms in total. The second-order valence-corrected chi connectivity index (χ2v) is 7.52. The Morgan fingerprint density at radius 1 is 1.32 bits per heavy atom. The molecule has 0 fully saturated rings. The molecule has 0 spiro atoms. The second-order valence-electron chi connectivity index (χ2n) is 4.27. The van der Waals surface area contributed by atoms with Crippen LogP contribution >= 0.6 is 57.1 Å². The molecule has 1 unspecified atom stereocenters. The monoisotopic (exact) mass is 425 g/mol. The van der Waals surface area contributed by atoms with Gasteiger partial charge >= 0.3 is 0 Å². The molecule has 1 N–H and O–H groups in total. The van der Waals surface area contributed by atoms with E-state index in [1.807, 2.05) is 19.1 Å². The number of hydrogen-bond donors (Lipinski definition) is 1. The minimum atomic E-state index is 0.149. The highest BCUT2D eigenvalue weighted by Crippen LogP contribution is 2.35. The van der Waals surface area contributed by atoms with E-state index >= 15 is 0 Å². The first-order valence-electron chi connectivity index (χ1n) is 5.97. The molecule has 0 bridgehead atoms. The van der Waals surface area contributed by atoms with Crippen LogP contribution in [0.1, 0.15) is 29.0 Å². The molecule has 5 heteroatoms. The Hall–Kier alpha value is 0.190. The predicted octanol–water partition coefficient (Wildman–Crippen LogP) is 5.67. The Morgan fingerprint density at radius 2 is 2.05 bits per heavy atom. The molecule has 0 aliphatic carbocycles. The van der Waals surface area contributed by atoms with Crippen LogP contribution in [0, 0.1) is 10.5 Å². The quantitative estimate of drug-likeness (QED) is 0.622. The summed E-state index contributed by atoms with van der Waals surface area (Å²) in [5, 5.41) is 4.29.